The smallest absolute Gasteiger partial charge is 0.159 e. The second kappa shape index (κ2) is 46.4. The Hall–Kier alpha value is -3.62. The maximum Gasteiger partial charge on any atom is 0.159 e. The molecule has 18 atom stereocenters. The highest BCUT2D eigenvalue weighted by Gasteiger charge is 2.46. The van der Waals surface area contributed by atoms with Gasteiger partial charge in [0.2, 0.25) is 0 Å². The van der Waals surface area contributed by atoms with Crippen LogP contribution in [0.5, 0.6) is 0 Å². The van der Waals surface area contributed by atoms with Crippen LogP contribution in [0.2, 0.25) is 0 Å². The molecular formula is C98H172O8. The van der Waals surface area contributed by atoms with E-state index < -0.39 is 0 Å². The van der Waals surface area contributed by atoms with Gasteiger partial charge in [0.1, 0.15) is 24.1 Å². The van der Waals surface area contributed by atoms with Crippen molar-refractivity contribution in [3.63, 3.8) is 0 Å². The zero-order valence-corrected chi connectivity index (χ0v) is 74.1. The fourth-order valence-corrected chi connectivity index (χ4v) is 22.9. The summed E-state index contributed by atoms with van der Waals surface area (Å²) in [6.45, 7) is 72.2. The second-order valence-corrected chi connectivity index (χ2v) is 41.1. The van der Waals surface area contributed by atoms with Crippen molar-refractivity contribution in [2.24, 2.45) is 138 Å². The Bertz CT molecular complexity index is 2520. The third-order valence-electron chi connectivity index (χ3n) is 28.1. The molecule has 8 heteroatoms. The Morgan fingerprint density at radius 3 is 0.736 bits per heavy atom. The molecule has 0 aromatic heterocycles. The Balaban J connectivity index is 0.000000607. The lowest BCUT2D eigenvalue weighted by atomic mass is 9.61. The summed E-state index contributed by atoms with van der Waals surface area (Å²) in [5.41, 5.74) is 1.84. The lowest BCUT2D eigenvalue weighted by molar-refractivity contribution is -0.130. The van der Waals surface area contributed by atoms with E-state index in [9.17, 15) is 39.0 Å². The average Bonchev–Trinajstić information content (AvgIpc) is 0.829. The molecule has 0 saturated heterocycles. The summed E-state index contributed by atoms with van der Waals surface area (Å²) in [5.74, 6) is 8.49. The minimum atomic E-state index is -0.196. The minimum absolute atomic E-state index is 0.189. The fraction of sp³-hybridized carbons (Fsp3) is 0.816. The maximum absolute atomic E-state index is 12.0. The van der Waals surface area contributed by atoms with E-state index in [1.54, 1.807) is 24.3 Å². The van der Waals surface area contributed by atoms with Crippen molar-refractivity contribution in [2.75, 3.05) is 0 Å². The first-order valence-corrected chi connectivity index (χ1v) is 43.2. The van der Waals surface area contributed by atoms with Gasteiger partial charge < -0.3 is 19.8 Å². The Morgan fingerprint density at radius 1 is 0.330 bits per heavy atom. The highest BCUT2D eigenvalue weighted by atomic mass is 16.3. The number of aldehydes is 2. The van der Waals surface area contributed by atoms with E-state index in [4.69, 9.17) is 0 Å². The minimum Gasteiger partial charge on any atom is -0.392 e. The van der Waals surface area contributed by atoms with E-state index in [1.165, 1.54) is 154 Å². The number of aliphatic hydroxyl groups is 2. The zero-order valence-electron chi connectivity index (χ0n) is 74.1. The summed E-state index contributed by atoms with van der Waals surface area (Å²) in [6.07, 6.45) is 48.6. The van der Waals surface area contributed by atoms with Gasteiger partial charge in [0.05, 0.1) is 12.2 Å². The Morgan fingerprint density at radius 2 is 0.547 bits per heavy atom. The largest absolute Gasteiger partial charge is 0.392 e. The lowest BCUT2D eigenvalue weighted by Gasteiger charge is -2.45. The van der Waals surface area contributed by atoms with Crippen molar-refractivity contribution in [3.8, 4) is 0 Å². The van der Waals surface area contributed by atoms with Crippen molar-refractivity contribution < 1.29 is 39.0 Å². The van der Waals surface area contributed by atoms with Crippen LogP contribution in [0.4, 0.5) is 0 Å². The highest BCUT2D eigenvalue weighted by Crippen LogP contribution is 2.51. The quantitative estimate of drug-likeness (QED) is 0.0785. The van der Waals surface area contributed by atoms with Crippen LogP contribution in [0.15, 0.2) is 74.9 Å². The Kier molecular flexibility index (Phi) is 43.9. The van der Waals surface area contributed by atoms with E-state index in [1.807, 2.05) is 38.2 Å². The van der Waals surface area contributed by atoms with E-state index in [2.05, 4.69) is 192 Å². The van der Waals surface area contributed by atoms with Gasteiger partial charge in [-0.05, 0) is 231 Å². The van der Waals surface area contributed by atoms with Crippen molar-refractivity contribution >= 4 is 35.7 Å². The molecule has 0 radical (unpaired) electrons. The summed E-state index contributed by atoms with van der Waals surface area (Å²) < 4.78 is 0. The summed E-state index contributed by atoms with van der Waals surface area (Å²) in [6, 6.07) is 0. The van der Waals surface area contributed by atoms with Gasteiger partial charge in [0, 0.05) is 48.3 Å². The van der Waals surface area contributed by atoms with Gasteiger partial charge >= 0.3 is 0 Å². The lowest BCUT2D eigenvalue weighted by Crippen LogP contribution is -2.41. The van der Waals surface area contributed by atoms with E-state index >= 15 is 0 Å². The first-order chi connectivity index (χ1) is 49.1. The molecule has 8 nitrogen and oxygen atoms in total. The van der Waals surface area contributed by atoms with Gasteiger partial charge in [-0.2, -0.15) is 0 Å². The van der Waals surface area contributed by atoms with Gasteiger partial charge in [-0.15, -0.1) is 26.3 Å². The molecule has 2 N–H and O–H groups in total. The molecule has 8 aliphatic carbocycles. The molecule has 0 bridgehead atoms. The van der Waals surface area contributed by atoms with Crippen LogP contribution in [0.3, 0.4) is 0 Å². The topological polar surface area (TPSA) is 143 Å². The standard InChI is InChI=1S/2C13H24O.4C13H22O.2C10H18O/c6*1-5-7-11(14)12-10(2)8-6-9-13(12,3)4;2*1-8-5-4-6-10(2,3)9(8)7-11/h2*5,10-12,14H,1,6-9H2,2-4H3;2*5,7,10,12H,6,8-9H2,1-4H3;2*5,10,12H,1,6-9H2,2-4H3;2*7-9H,4-6H2,1-3H3/b;;2*7-5+;;;;/t2*10-,11?,12-;4*10-,12-;2*8-,9?/m10101010/s1. The van der Waals surface area contributed by atoms with E-state index in [-0.39, 0.29) is 80.2 Å². The molecule has 0 spiro atoms. The predicted octanol–water partition coefficient (Wildman–Crippen LogP) is 26.4. The van der Waals surface area contributed by atoms with Gasteiger partial charge in [0.25, 0.3) is 0 Å². The number of hydrogen-bond donors (Lipinski definition) is 2. The van der Waals surface area contributed by atoms with Crippen LogP contribution >= 0.6 is 0 Å². The van der Waals surface area contributed by atoms with Crippen LogP contribution in [-0.4, -0.2) is 58.1 Å². The third kappa shape index (κ3) is 31.2. The van der Waals surface area contributed by atoms with Crippen molar-refractivity contribution in [3.05, 3.63) is 74.9 Å². The van der Waals surface area contributed by atoms with Crippen LogP contribution in [0.1, 0.15) is 360 Å². The third-order valence-corrected chi connectivity index (χ3v) is 28.1. The van der Waals surface area contributed by atoms with Gasteiger partial charge in [-0.3, -0.25) is 19.2 Å². The van der Waals surface area contributed by atoms with Crippen LogP contribution < -0.4 is 0 Å². The van der Waals surface area contributed by atoms with Crippen molar-refractivity contribution in [1.29, 1.82) is 0 Å². The van der Waals surface area contributed by atoms with E-state index in [0.29, 0.717) is 106 Å². The maximum atomic E-state index is 12.0. The summed E-state index contributed by atoms with van der Waals surface area (Å²) in [4.78, 5) is 69.4. The predicted molar refractivity (Wildman–Crippen MR) is 455 cm³/mol. The van der Waals surface area contributed by atoms with Crippen molar-refractivity contribution in [2.45, 2.75) is 372 Å². The molecule has 4 unspecified atom stereocenters. The molecule has 8 aliphatic rings. The molecule has 0 aliphatic heterocycles. The highest BCUT2D eigenvalue weighted by molar-refractivity contribution is 5.93. The molecule has 0 aromatic rings. The van der Waals surface area contributed by atoms with Gasteiger partial charge in [-0.1, -0.05) is 267 Å². The number of ketones is 4. The molecule has 8 rings (SSSR count). The first-order valence-electron chi connectivity index (χ1n) is 43.2. The molecule has 8 saturated carbocycles. The number of allylic oxidation sites excluding steroid dienone is 6. The molecule has 0 aromatic carbocycles. The average molecular weight is 1480 g/mol. The van der Waals surface area contributed by atoms with Crippen LogP contribution in [0.25, 0.3) is 0 Å². The Labute approximate surface area is 656 Å². The fourth-order valence-electron chi connectivity index (χ4n) is 22.9. The normalized spacial score (nSPS) is 33.2. The number of rotatable bonds is 18. The number of aliphatic hydroxyl groups excluding tert-OH is 2. The van der Waals surface area contributed by atoms with Crippen LogP contribution in [0, 0.1) is 138 Å². The zero-order chi connectivity index (χ0) is 81.6. The second-order valence-electron chi connectivity index (χ2n) is 41.1. The molecule has 106 heavy (non-hydrogen) atoms. The van der Waals surface area contributed by atoms with Gasteiger partial charge in [-0.25, -0.2) is 0 Å². The summed E-state index contributed by atoms with van der Waals surface area (Å²) in [7, 11) is 0. The molecule has 0 amide bonds. The van der Waals surface area contributed by atoms with E-state index in [0.717, 1.165) is 25.4 Å². The SMILES string of the molecule is C/C=C/C(=O)[C@@H]1[C@@H](C)CCCC1(C)C.C/C=C/C(=O)[C@H]1[C@H](C)CCCC1(C)C.C=CCC(=O)[C@@H]1[C@@H](C)CCCC1(C)C.C=CCC(=O)[C@H]1[C@H](C)CCCC1(C)C.C=CCC(O)[C@@H]1[C@@H](C)CCCC1(C)C.C=CCC(O)[C@H]1[C@H](C)CCCC1(C)C.C[C@@H]1CCCC(C)(C)C1C=O.C[C@H]1CCCC(C)(C)C1C=O. The molecular weight excluding hydrogens is 1310 g/mol. The van der Waals surface area contributed by atoms with Gasteiger partial charge in [0.15, 0.2) is 11.6 Å². The number of Topliss-reactive ketones (excluding diaryl/α,β-unsaturated/α-hetero) is 2. The summed E-state index contributed by atoms with van der Waals surface area (Å²) >= 11 is 0. The van der Waals surface area contributed by atoms with Crippen LogP contribution in [-0.2, 0) is 28.8 Å². The molecule has 0 heterocycles. The number of hydrogen-bond acceptors (Lipinski definition) is 8. The molecule has 8 fully saturated rings. The number of carbonyl (C=O) groups is 6. The monoisotopic (exact) mass is 1480 g/mol. The molecule has 612 valence electrons. The first kappa shape index (κ1) is 100. The number of carbonyl (C=O) groups excluding carboxylic acids is 6. The summed E-state index contributed by atoms with van der Waals surface area (Å²) in [5, 5.41) is 20.2. The van der Waals surface area contributed by atoms with Crippen molar-refractivity contribution in [1.82, 2.24) is 0 Å².